The summed E-state index contributed by atoms with van der Waals surface area (Å²) in [5, 5.41) is 3.74. The zero-order valence-electron chi connectivity index (χ0n) is 9.10. The van der Waals surface area contributed by atoms with E-state index >= 15 is 0 Å². The first-order chi connectivity index (χ1) is 6.24. The van der Waals surface area contributed by atoms with E-state index in [1.807, 2.05) is 0 Å². The van der Waals surface area contributed by atoms with Crippen molar-refractivity contribution in [2.45, 2.75) is 58.4 Å². The Hall–Kier alpha value is -0.0400. The van der Waals surface area contributed by atoms with Gasteiger partial charge in [0.05, 0.1) is 0 Å². The van der Waals surface area contributed by atoms with E-state index in [-0.39, 0.29) is 0 Å². The van der Waals surface area contributed by atoms with Gasteiger partial charge in [-0.1, -0.05) is 20.3 Å². The quantitative estimate of drug-likeness (QED) is 0.687. The molecule has 2 rings (SSSR count). The van der Waals surface area contributed by atoms with Gasteiger partial charge in [0.1, 0.15) is 0 Å². The normalized spacial score (nSPS) is 35.5. The minimum atomic E-state index is 0.744. The molecule has 2 fully saturated rings. The SMILES string of the molecule is CCCC1(CNC2CC(C)C2)CC1. The predicted molar refractivity (Wildman–Crippen MR) is 56.8 cm³/mol. The van der Waals surface area contributed by atoms with Crippen molar-refractivity contribution < 1.29 is 0 Å². The first-order valence-corrected chi connectivity index (χ1v) is 5.97. The summed E-state index contributed by atoms with van der Waals surface area (Å²) >= 11 is 0. The molecule has 13 heavy (non-hydrogen) atoms. The van der Waals surface area contributed by atoms with Crippen LogP contribution in [0.1, 0.15) is 52.4 Å². The van der Waals surface area contributed by atoms with Crippen molar-refractivity contribution in [2.75, 3.05) is 6.54 Å². The van der Waals surface area contributed by atoms with Gasteiger partial charge in [0.2, 0.25) is 0 Å². The summed E-state index contributed by atoms with van der Waals surface area (Å²) in [6.45, 7) is 5.97. The third-order valence-corrected chi connectivity index (χ3v) is 3.88. The van der Waals surface area contributed by atoms with Crippen LogP contribution >= 0.6 is 0 Å². The third kappa shape index (κ3) is 2.25. The maximum absolute atomic E-state index is 3.74. The molecule has 0 bridgehead atoms. The second-order valence-electron chi connectivity index (χ2n) is 5.40. The summed E-state index contributed by atoms with van der Waals surface area (Å²) in [6.07, 6.45) is 8.61. The fourth-order valence-corrected chi connectivity index (χ4v) is 2.65. The lowest BCUT2D eigenvalue weighted by atomic mass is 9.81. The molecule has 1 heteroatoms. The molecule has 0 aliphatic heterocycles. The summed E-state index contributed by atoms with van der Waals surface area (Å²) < 4.78 is 0. The molecule has 0 aromatic heterocycles. The van der Waals surface area contributed by atoms with E-state index in [0.29, 0.717) is 0 Å². The standard InChI is InChI=1S/C12H23N/c1-3-4-12(5-6-12)9-13-11-7-10(2)8-11/h10-11,13H,3-9H2,1-2H3. The van der Waals surface area contributed by atoms with Crippen molar-refractivity contribution in [2.24, 2.45) is 11.3 Å². The second kappa shape index (κ2) is 3.61. The summed E-state index contributed by atoms with van der Waals surface area (Å²) in [5.41, 5.74) is 0.744. The minimum Gasteiger partial charge on any atom is -0.313 e. The lowest BCUT2D eigenvalue weighted by molar-refractivity contribution is 0.225. The molecule has 0 unspecified atom stereocenters. The Kier molecular flexibility index (Phi) is 2.64. The average molecular weight is 181 g/mol. The topological polar surface area (TPSA) is 12.0 Å². The maximum atomic E-state index is 3.74. The van der Waals surface area contributed by atoms with E-state index in [1.165, 1.54) is 45.1 Å². The monoisotopic (exact) mass is 181 g/mol. The third-order valence-electron chi connectivity index (χ3n) is 3.88. The lowest BCUT2D eigenvalue weighted by Gasteiger charge is -2.34. The van der Waals surface area contributed by atoms with Crippen LogP contribution < -0.4 is 5.32 Å². The van der Waals surface area contributed by atoms with Crippen molar-refractivity contribution in [1.29, 1.82) is 0 Å². The molecule has 0 aromatic rings. The minimum absolute atomic E-state index is 0.744. The Morgan fingerprint density at radius 3 is 2.46 bits per heavy atom. The smallest absolute Gasteiger partial charge is 0.00723 e. The number of rotatable bonds is 5. The first-order valence-electron chi connectivity index (χ1n) is 5.97. The summed E-state index contributed by atoms with van der Waals surface area (Å²) in [6, 6.07) is 0.865. The van der Waals surface area contributed by atoms with Crippen LogP contribution in [0.15, 0.2) is 0 Å². The van der Waals surface area contributed by atoms with Crippen molar-refractivity contribution >= 4 is 0 Å². The van der Waals surface area contributed by atoms with Gasteiger partial charge in [0, 0.05) is 12.6 Å². The fourth-order valence-electron chi connectivity index (χ4n) is 2.65. The molecule has 1 nitrogen and oxygen atoms in total. The fraction of sp³-hybridized carbons (Fsp3) is 1.00. The molecule has 0 spiro atoms. The van der Waals surface area contributed by atoms with Crippen LogP contribution in [0.3, 0.4) is 0 Å². The summed E-state index contributed by atoms with van der Waals surface area (Å²) in [4.78, 5) is 0. The molecule has 0 saturated heterocycles. The van der Waals surface area contributed by atoms with Gasteiger partial charge in [-0.2, -0.15) is 0 Å². The highest BCUT2D eigenvalue weighted by molar-refractivity contribution is 4.96. The Bertz CT molecular complexity index is 166. The molecule has 2 aliphatic carbocycles. The Labute approximate surface area is 82.3 Å². The van der Waals surface area contributed by atoms with Gasteiger partial charge in [0.25, 0.3) is 0 Å². The molecule has 2 aliphatic rings. The number of nitrogens with one attached hydrogen (secondary N) is 1. The van der Waals surface area contributed by atoms with Crippen LogP contribution in [0.4, 0.5) is 0 Å². The largest absolute Gasteiger partial charge is 0.313 e. The Morgan fingerprint density at radius 1 is 1.31 bits per heavy atom. The van der Waals surface area contributed by atoms with Crippen LogP contribution in [0.25, 0.3) is 0 Å². The van der Waals surface area contributed by atoms with E-state index in [0.717, 1.165) is 17.4 Å². The number of hydrogen-bond acceptors (Lipinski definition) is 1. The van der Waals surface area contributed by atoms with Crippen LogP contribution in [-0.2, 0) is 0 Å². The highest BCUT2D eigenvalue weighted by atomic mass is 14.9. The highest BCUT2D eigenvalue weighted by Gasteiger charge is 2.41. The van der Waals surface area contributed by atoms with Gasteiger partial charge in [-0.3, -0.25) is 0 Å². The molecule has 0 heterocycles. The molecule has 2 saturated carbocycles. The van der Waals surface area contributed by atoms with E-state index in [2.05, 4.69) is 19.2 Å². The Morgan fingerprint density at radius 2 is 2.00 bits per heavy atom. The van der Waals surface area contributed by atoms with E-state index in [1.54, 1.807) is 0 Å². The number of hydrogen-bond donors (Lipinski definition) is 1. The molecular weight excluding hydrogens is 158 g/mol. The van der Waals surface area contributed by atoms with E-state index < -0.39 is 0 Å². The molecule has 0 aromatic carbocycles. The molecule has 76 valence electrons. The maximum Gasteiger partial charge on any atom is 0.00723 e. The van der Waals surface area contributed by atoms with Crippen LogP contribution in [-0.4, -0.2) is 12.6 Å². The van der Waals surface area contributed by atoms with Crippen LogP contribution in [0.5, 0.6) is 0 Å². The van der Waals surface area contributed by atoms with Gasteiger partial charge in [-0.05, 0) is 43.4 Å². The molecule has 0 amide bonds. The molecule has 1 N–H and O–H groups in total. The van der Waals surface area contributed by atoms with Gasteiger partial charge < -0.3 is 5.32 Å². The van der Waals surface area contributed by atoms with E-state index in [9.17, 15) is 0 Å². The lowest BCUT2D eigenvalue weighted by Crippen LogP contribution is -2.42. The zero-order valence-corrected chi connectivity index (χ0v) is 9.10. The van der Waals surface area contributed by atoms with Gasteiger partial charge in [-0.25, -0.2) is 0 Å². The summed E-state index contributed by atoms with van der Waals surface area (Å²) in [7, 11) is 0. The second-order valence-corrected chi connectivity index (χ2v) is 5.40. The molecule has 0 atom stereocenters. The Balaban J connectivity index is 1.62. The van der Waals surface area contributed by atoms with Crippen molar-refractivity contribution in [3.05, 3.63) is 0 Å². The van der Waals surface area contributed by atoms with Crippen molar-refractivity contribution in [3.8, 4) is 0 Å². The highest BCUT2D eigenvalue weighted by Crippen LogP contribution is 2.49. The molecule has 0 radical (unpaired) electrons. The average Bonchev–Trinajstić information content (AvgIpc) is 2.78. The van der Waals surface area contributed by atoms with Gasteiger partial charge in [0.15, 0.2) is 0 Å². The van der Waals surface area contributed by atoms with Crippen LogP contribution in [0.2, 0.25) is 0 Å². The van der Waals surface area contributed by atoms with Crippen molar-refractivity contribution in [1.82, 2.24) is 5.32 Å². The zero-order chi connectivity index (χ0) is 9.31. The predicted octanol–water partition coefficient (Wildman–Crippen LogP) is 2.95. The first kappa shape index (κ1) is 9.51. The summed E-state index contributed by atoms with van der Waals surface area (Å²) in [5.74, 6) is 0.985. The van der Waals surface area contributed by atoms with E-state index in [4.69, 9.17) is 0 Å². The van der Waals surface area contributed by atoms with Crippen molar-refractivity contribution in [3.63, 3.8) is 0 Å². The van der Waals surface area contributed by atoms with Gasteiger partial charge >= 0.3 is 0 Å². The molecular formula is C12H23N. The van der Waals surface area contributed by atoms with Gasteiger partial charge in [-0.15, -0.1) is 0 Å². The van der Waals surface area contributed by atoms with Crippen LogP contribution in [0, 0.1) is 11.3 Å².